The van der Waals surface area contributed by atoms with E-state index >= 15 is 0 Å². The molecule has 0 amide bonds. The largest absolute Gasteiger partial charge is 0.472 e. The summed E-state index contributed by atoms with van der Waals surface area (Å²) in [4.78, 5) is 14.2. The Balaban J connectivity index is 1.34. The van der Waals surface area contributed by atoms with Crippen LogP contribution in [0.4, 0.5) is 0 Å². The van der Waals surface area contributed by atoms with E-state index in [0.29, 0.717) is 6.04 Å². The molecule has 0 unspecified atom stereocenters. The molecule has 0 radical (unpaired) electrons. The molecule has 6 heteroatoms. The second kappa shape index (κ2) is 8.07. The van der Waals surface area contributed by atoms with E-state index in [4.69, 9.17) is 4.74 Å². The molecule has 0 N–H and O–H groups in total. The van der Waals surface area contributed by atoms with Crippen LogP contribution in [-0.2, 0) is 0 Å². The maximum atomic E-state index is 6.46. The van der Waals surface area contributed by atoms with Gasteiger partial charge in [0.25, 0.3) is 0 Å². The maximum absolute atomic E-state index is 6.46. The van der Waals surface area contributed by atoms with Crippen molar-refractivity contribution in [3.8, 4) is 5.88 Å². The lowest BCUT2D eigenvalue weighted by Crippen LogP contribution is -2.42. The van der Waals surface area contributed by atoms with Gasteiger partial charge in [0.2, 0.25) is 5.88 Å². The fraction of sp³-hybridized carbons (Fsp3) is 0.652. The van der Waals surface area contributed by atoms with Crippen LogP contribution in [-0.4, -0.2) is 69.7 Å². The van der Waals surface area contributed by atoms with Crippen LogP contribution in [0.2, 0.25) is 0 Å². The molecule has 3 fully saturated rings. The Morgan fingerprint density at radius 3 is 2.48 bits per heavy atom. The molecular formula is C23H33N5O. The lowest BCUT2D eigenvalue weighted by Gasteiger charge is -2.38. The third-order valence-electron chi connectivity index (χ3n) is 7.45. The predicted molar refractivity (Wildman–Crippen MR) is 113 cm³/mol. The fourth-order valence-electron chi connectivity index (χ4n) is 5.81. The van der Waals surface area contributed by atoms with Gasteiger partial charge in [0.05, 0.1) is 6.04 Å². The summed E-state index contributed by atoms with van der Waals surface area (Å²) in [6.45, 7) is 7.05. The summed E-state index contributed by atoms with van der Waals surface area (Å²) in [6, 6.07) is 7.02. The summed E-state index contributed by atoms with van der Waals surface area (Å²) < 4.78 is 8.80. The highest BCUT2D eigenvalue weighted by molar-refractivity contribution is 5.11. The summed E-state index contributed by atoms with van der Waals surface area (Å²) in [5.74, 6) is 3.30. The van der Waals surface area contributed by atoms with Gasteiger partial charge < -0.3 is 14.2 Å². The fourth-order valence-corrected chi connectivity index (χ4v) is 5.81. The van der Waals surface area contributed by atoms with Crippen molar-refractivity contribution < 1.29 is 4.74 Å². The van der Waals surface area contributed by atoms with Gasteiger partial charge in [-0.05, 0) is 70.6 Å². The molecule has 4 atom stereocenters. The molecule has 2 saturated heterocycles. The highest BCUT2D eigenvalue weighted by Gasteiger charge is 2.45. The minimum absolute atomic E-state index is 0.150. The summed E-state index contributed by atoms with van der Waals surface area (Å²) in [5, 5.41) is 0. The first-order chi connectivity index (χ1) is 14.2. The SMILES string of the molecule is Cc1nccn1[C@H]1C[C@H]2CN(C3CCN(C)CC3)C[C@H]2C[C@@H]1Oc1ccccn1. The predicted octanol–water partition coefficient (Wildman–Crippen LogP) is 3.01. The van der Waals surface area contributed by atoms with Crippen molar-refractivity contribution in [3.63, 3.8) is 0 Å². The second-order valence-corrected chi connectivity index (χ2v) is 9.25. The van der Waals surface area contributed by atoms with Gasteiger partial charge >= 0.3 is 0 Å². The molecule has 156 valence electrons. The molecule has 6 nitrogen and oxygen atoms in total. The van der Waals surface area contributed by atoms with E-state index in [1.165, 1.54) is 45.4 Å². The highest BCUT2D eigenvalue weighted by Crippen LogP contribution is 2.44. The molecule has 1 saturated carbocycles. The first-order valence-electron chi connectivity index (χ1n) is 11.2. The molecule has 5 rings (SSSR count). The van der Waals surface area contributed by atoms with Crippen molar-refractivity contribution in [3.05, 3.63) is 42.6 Å². The molecule has 0 bridgehead atoms. The number of pyridine rings is 1. The molecule has 0 aromatic carbocycles. The van der Waals surface area contributed by atoms with E-state index < -0.39 is 0 Å². The number of nitrogens with zero attached hydrogens (tertiary/aromatic N) is 5. The van der Waals surface area contributed by atoms with Crippen molar-refractivity contribution in [2.24, 2.45) is 11.8 Å². The first-order valence-corrected chi connectivity index (χ1v) is 11.2. The third-order valence-corrected chi connectivity index (χ3v) is 7.45. The summed E-state index contributed by atoms with van der Waals surface area (Å²) in [5.41, 5.74) is 0. The number of fused-ring (bicyclic) bond motifs is 1. The van der Waals surface area contributed by atoms with Gasteiger partial charge in [-0.15, -0.1) is 0 Å². The summed E-state index contributed by atoms with van der Waals surface area (Å²) in [6.07, 6.45) is 10.9. The number of hydrogen-bond acceptors (Lipinski definition) is 5. The Bertz CT molecular complexity index is 801. The first kappa shape index (κ1) is 19.1. The second-order valence-electron chi connectivity index (χ2n) is 9.25. The number of rotatable bonds is 4. The monoisotopic (exact) mass is 395 g/mol. The van der Waals surface area contributed by atoms with Crippen LogP contribution in [0.15, 0.2) is 36.8 Å². The minimum Gasteiger partial charge on any atom is -0.472 e. The molecule has 0 spiro atoms. The van der Waals surface area contributed by atoms with Crippen LogP contribution >= 0.6 is 0 Å². The third kappa shape index (κ3) is 3.92. The molecule has 3 aliphatic rings. The molecule has 2 aromatic rings. The number of imidazole rings is 1. The van der Waals surface area contributed by atoms with Crippen LogP contribution in [0.3, 0.4) is 0 Å². The molecule has 29 heavy (non-hydrogen) atoms. The summed E-state index contributed by atoms with van der Waals surface area (Å²) in [7, 11) is 2.25. The Hall–Kier alpha value is -1.92. The van der Waals surface area contributed by atoms with Crippen LogP contribution in [0.5, 0.6) is 5.88 Å². The summed E-state index contributed by atoms with van der Waals surface area (Å²) >= 11 is 0. The zero-order valence-electron chi connectivity index (χ0n) is 17.7. The molecule has 2 aromatic heterocycles. The lowest BCUT2D eigenvalue weighted by molar-refractivity contribution is 0.0504. The van der Waals surface area contributed by atoms with Crippen molar-refractivity contribution in [2.75, 3.05) is 33.2 Å². The van der Waals surface area contributed by atoms with Gasteiger partial charge in [-0.25, -0.2) is 9.97 Å². The van der Waals surface area contributed by atoms with E-state index in [1.807, 2.05) is 30.6 Å². The zero-order chi connectivity index (χ0) is 19.8. The van der Waals surface area contributed by atoms with Gasteiger partial charge in [0.1, 0.15) is 11.9 Å². The van der Waals surface area contributed by atoms with Crippen LogP contribution in [0, 0.1) is 18.8 Å². The van der Waals surface area contributed by atoms with Gasteiger partial charge in [0, 0.05) is 43.8 Å². The zero-order valence-corrected chi connectivity index (χ0v) is 17.7. The van der Waals surface area contributed by atoms with E-state index in [-0.39, 0.29) is 6.10 Å². The maximum Gasteiger partial charge on any atom is 0.213 e. The van der Waals surface area contributed by atoms with Crippen LogP contribution in [0.1, 0.15) is 37.5 Å². The molecule has 2 aliphatic heterocycles. The van der Waals surface area contributed by atoms with Crippen molar-refractivity contribution in [2.45, 2.75) is 50.8 Å². The Labute approximate surface area is 173 Å². The normalized spacial score (nSPS) is 31.7. The molecule has 4 heterocycles. The van der Waals surface area contributed by atoms with E-state index in [0.717, 1.165) is 36.0 Å². The van der Waals surface area contributed by atoms with Crippen molar-refractivity contribution in [1.29, 1.82) is 0 Å². The minimum atomic E-state index is 0.150. The average molecular weight is 396 g/mol. The highest BCUT2D eigenvalue weighted by atomic mass is 16.5. The number of piperidine rings is 1. The van der Waals surface area contributed by atoms with Crippen molar-refractivity contribution >= 4 is 0 Å². The lowest BCUT2D eigenvalue weighted by atomic mass is 9.77. The standard InChI is InChI=1S/C23H33N5O/c1-17-24-9-12-28(17)21-13-18-15-27(20-6-10-26(2)11-7-20)16-19(18)14-22(21)29-23-5-3-4-8-25-23/h3-5,8-9,12,18-22H,6-7,10-11,13-16H2,1-2H3/t18-,19+,21-,22-/m0/s1. The average Bonchev–Trinajstić information content (AvgIpc) is 3.34. The van der Waals surface area contributed by atoms with Gasteiger partial charge in [-0.1, -0.05) is 6.07 Å². The number of aryl methyl sites for hydroxylation is 1. The number of ether oxygens (including phenoxy) is 1. The Morgan fingerprint density at radius 1 is 1.00 bits per heavy atom. The van der Waals surface area contributed by atoms with Gasteiger partial charge in [-0.2, -0.15) is 0 Å². The molecular weight excluding hydrogens is 362 g/mol. The smallest absolute Gasteiger partial charge is 0.213 e. The van der Waals surface area contributed by atoms with Gasteiger partial charge in [-0.3, -0.25) is 4.90 Å². The van der Waals surface area contributed by atoms with E-state index in [1.54, 1.807) is 0 Å². The topological polar surface area (TPSA) is 46.4 Å². The van der Waals surface area contributed by atoms with Gasteiger partial charge in [0.15, 0.2) is 0 Å². The number of hydrogen-bond donors (Lipinski definition) is 0. The Kier molecular flexibility index (Phi) is 5.31. The van der Waals surface area contributed by atoms with Crippen LogP contribution in [0.25, 0.3) is 0 Å². The molecule has 1 aliphatic carbocycles. The van der Waals surface area contributed by atoms with E-state index in [9.17, 15) is 0 Å². The quantitative estimate of drug-likeness (QED) is 0.796. The van der Waals surface area contributed by atoms with Crippen LogP contribution < -0.4 is 4.74 Å². The number of aromatic nitrogens is 3. The van der Waals surface area contributed by atoms with E-state index in [2.05, 4.69) is 44.5 Å². The van der Waals surface area contributed by atoms with Crippen molar-refractivity contribution in [1.82, 2.24) is 24.3 Å². The number of likely N-dealkylation sites (tertiary alicyclic amines) is 2. The Morgan fingerprint density at radius 2 is 1.79 bits per heavy atom.